The molecule has 0 aliphatic carbocycles. The van der Waals surface area contributed by atoms with Crippen molar-refractivity contribution in [3.05, 3.63) is 23.8 Å². The number of methoxy groups -OCH3 is 2. The van der Waals surface area contributed by atoms with Crippen LogP contribution in [-0.4, -0.2) is 40.3 Å². The lowest BCUT2D eigenvalue weighted by Gasteiger charge is -2.26. The highest BCUT2D eigenvalue weighted by atomic mass is 35.5. The molecule has 2 N–H and O–H groups in total. The van der Waals surface area contributed by atoms with Crippen molar-refractivity contribution in [1.82, 2.24) is 10.6 Å². The first-order valence-corrected chi connectivity index (χ1v) is 7.58. The summed E-state index contributed by atoms with van der Waals surface area (Å²) < 4.78 is 10.6. The summed E-state index contributed by atoms with van der Waals surface area (Å²) in [4.78, 5) is 11.8. The smallest absolute Gasteiger partial charge is 0.220 e. The number of hydrogen-bond acceptors (Lipinski definition) is 4. The molecule has 0 atom stereocenters. The van der Waals surface area contributed by atoms with Crippen molar-refractivity contribution in [1.29, 1.82) is 0 Å². The second kappa shape index (κ2) is 10.3. The summed E-state index contributed by atoms with van der Waals surface area (Å²) in [6.45, 7) is 5.64. The van der Waals surface area contributed by atoms with Crippen molar-refractivity contribution in [2.45, 2.75) is 32.1 Å². The second-order valence-corrected chi connectivity index (χ2v) is 5.94. The Labute approximate surface area is 145 Å². The van der Waals surface area contributed by atoms with E-state index in [1.807, 2.05) is 25.2 Å². The molecule has 0 bridgehead atoms. The summed E-state index contributed by atoms with van der Waals surface area (Å²) in [5.41, 5.74) is 0.916. The number of carbonyl (C=O) groups is 1. The minimum atomic E-state index is -0.182. The van der Waals surface area contributed by atoms with Gasteiger partial charge in [0.1, 0.15) is 0 Å². The number of ether oxygens (including phenoxy) is 2. The van der Waals surface area contributed by atoms with E-state index < -0.39 is 0 Å². The van der Waals surface area contributed by atoms with Gasteiger partial charge < -0.3 is 20.1 Å². The minimum Gasteiger partial charge on any atom is -0.493 e. The zero-order chi connectivity index (χ0) is 16.6. The lowest BCUT2D eigenvalue weighted by atomic mass is 9.84. The van der Waals surface area contributed by atoms with Crippen LogP contribution in [0.3, 0.4) is 0 Å². The Balaban J connectivity index is 0.00000484. The zero-order valence-electron chi connectivity index (χ0n) is 14.7. The molecule has 0 spiro atoms. The predicted molar refractivity (Wildman–Crippen MR) is 96.0 cm³/mol. The van der Waals surface area contributed by atoms with Crippen molar-refractivity contribution >= 4 is 18.3 Å². The van der Waals surface area contributed by atoms with Gasteiger partial charge in [-0.2, -0.15) is 0 Å². The van der Waals surface area contributed by atoms with Gasteiger partial charge in [0.25, 0.3) is 0 Å². The Kier molecular flexibility index (Phi) is 9.68. The van der Waals surface area contributed by atoms with Crippen LogP contribution in [0.2, 0.25) is 0 Å². The van der Waals surface area contributed by atoms with E-state index in [1.165, 1.54) is 0 Å². The molecule has 0 aromatic heterocycles. The van der Waals surface area contributed by atoms with Gasteiger partial charge in [-0.15, -0.1) is 12.4 Å². The summed E-state index contributed by atoms with van der Waals surface area (Å²) in [7, 11) is 5.13. The molecule has 1 amide bonds. The number of rotatable bonds is 9. The van der Waals surface area contributed by atoms with Crippen LogP contribution in [0.4, 0.5) is 0 Å². The Morgan fingerprint density at radius 1 is 1.17 bits per heavy atom. The minimum absolute atomic E-state index is 0. The molecule has 0 fully saturated rings. The normalized spacial score (nSPS) is 10.7. The van der Waals surface area contributed by atoms with E-state index in [2.05, 4.69) is 24.5 Å². The molecule has 0 aliphatic rings. The number of amides is 1. The summed E-state index contributed by atoms with van der Waals surface area (Å²) >= 11 is 0. The van der Waals surface area contributed by atoms with Crippen LogP contribution < -0.4 is 20.1 Å². The van der Waals surface area contributed by atoms with Crippen LogP contribution >= 0.6 is 12.4 Å². The fourth-order valence-electron chi connectivity index (χ4n) is 2.19. The summed E-state index contributed by atoms with van der Waals surface area (Å²) in [5.74, 6) is 1.50. The molecule has 6 heteroatoms. The van der Waals surface area contributed by atoms with Gasteiger partial charge in [-0.25, -0.2) is 0 Å². The first kappa shape index (κ1) is 21.5. The summed E-state index contributed by atoms with van der Waals surface area (Å²) in [5, 5.41) is 6.05. The van der Waals surface area contributed by atoms with Crippen LogP contribution in [0.1, 0.15) is 32.3 Å². The van der Waals surface area contributed by atoms with E-state index in [1.54, 1.807) is 14.2 Å². The molecule has 1 aromatic rings. The molecule has 0 saturated carbocycles. The lowest BCUT2D eigenvalue weighted by Crippen LogP contribution is -2.36. The van der Waals surface area contributed by atoms with Crippen molar-refractivity contribution in [2.24, 2.45) is 0 Å². The SMILES string of the molecule is CNCCCC(=O)NCC(C)(C)c1ccc(OC)c(OC)c1.Cl. The predicted octanol–water partition coefficient (Wildman–Crippen LogP) is 2.52. The third-order valence-electron chi connectivity index (χ3n) is 3.72. The molecule has 1 rings (SSSR count). The Morgan fingerprint density at radius 2 is 1.83 bits per heavy atom. The lowest BCUT2D eigenvalue weighted by molar-refractivity contribution is -0.121. The number of hydrogen-bond donors (Lipinski definition) is 2. The van der Waals surface area contributed by atoms with Crippen molar-refractivity contribution in [2.75, 3.05) is 34.4 Å². The molecule has 132 valence electrons. The highest BCUT2D eigenvalue weighted by Crippen LogP contribution is 2.32. The van der Waals surface area contributed by atoms with Gasteiger partial charge >= 0.3 is 0 Å². The summed E-state index contributed by atoms with van der Waals surface area (Å²) in [6.07, 6.45) is 1.39. The molecule has 0 aliphatic heterocycles. The van der Waals surface area contributed by atoms with Crippen LogP contribution in [0, 0.1) is 0 Å². The third-order valence-corrected chi connectivity index (χ3v) is 3.72. The summed E-state index contributed by atoms with van der Waals surface area (Å²) in [6, 6.07) is 5.87. The van der Waals surface area contributed by atoms with Gasteiger partial charge in [0.05, 0.1) is 14.2 Å². The standard InChI is InChI=1S/C17H28N2O3.ClH/c1-17(2,12-19-16(20)7-6-10-18-3)13-8-9-14(21-4)15(11-13)22-5;/h8-9,11,18H,6-7,10,12H2,1-5H3,(H,19,20);1H. The monoisotopic (exact) mass is 344 g/mol. The molecule has 0 saturated heterocycles. The first-order chi connectivity index (χ1) is 10.4. The maximum Gasteiger partial charge on any atom is 0.220 e. The molecule has 23 heavy (non-hydrogen) atoms. The molecule has 0 unspecified atom stereocenters. The highest BCUT2D eigenvalue weighted by molar-refractivity contribution is 5.85. The number of carbonyl (C=O) groups excluding carboxylic acids is 1. The number of benzene rings is 1. The quantitative estimate of drug-likeness (QED) is 0.676. The average Bonchev–Trinajstić information content (AvgIpc) is 2.52. The molecular weight excluding hydrogens is 316 g/mol. The Hall–Kier alpha value is -1.46. The van der Waals surface area contributed by atoms with Gasteiger partial charge in [-0.1, -0.05) is 19.9 Å². The van der Waals surface area contributed by atoms with Gasteiger partial charge in [0.15, 0.2) is 11.5 Å². The third kappa shape index (κ3) is 6.67. The number of nitrogens with one attached hydrogen (secondary N) is 2. The zero-order valence-corrected chi connectivity index (χ0v) is 15.5. The van der Waals surface area contributed by atoms with Crippen LogP contribution in [-0.2, 0) is 10.2 Å². The van der Waals surface area contributed by atoms with Crippen molar-refractivity contribution in [3.63, 3.8) is 0 Å². The molecule has 1 aromatic carbocycles. The maximum absolute atomic E-state index is 11.8. The van der Waals surface area contributed by atoms with Gasteiger partial charge in [-0.05, 0) is 37.7 Å². The molecule has 5 nitrogen and oxygen atoms in total. The van der Waals surface area contributed by atoms with Crippen LogP contribution in [0.25, 0.3) is 0 Å². The van der Waals surface area contributed by atoms with Gasteiger partial charge in [0, 0.05) is 18.4 Å². The van der Waals surface area contributed by atoms with E-state index in [0.717, 1.165) is 18.5 Å². The fourth-order valence-corrected chi connectivity index (χ4v) is 2.19. The van der Waals surface area contributed by atoms with E-state index in [0.29, 0.717) is 24.5 Å². The topological polar surface area (TPSA) is 59.6 Å². The Morgan fingerprint density at radius 3 is 2.39 bits per heavy atom. The largest absolute Gasteiger partial charge is 0.493 e. The maximum atomic E-state index is 11.8. The molecular formula is C17H29ClN2O3. The second-order valence-electron chi connectivity index (χ2n) is 5.94. The number of halogens is 1. The first-order valence-electron chi connectivity index (χ1n) is 7.58. The molecule has 0 heterocycles. The Bertz CT molecular complexity index is 493. The van der Waals surface area contributed by atoms with E-state index in [4.69, 9.17) is 9.47 Å². The fraction of sp³-hybridized carbons (Fsp3) is 0.588. The molecule has 0 radical (unpaired) electrons. The van der Waals surface area contributed by atoms with E-state index >= 15 is 0 Å². The average molecular weight is 345 g/mol. The van der Waals surface area contributed by atoms with Gasteiger partial charge in [0.2, 0.25) is 5.91 Å². The van der Waals surface area contributed by atoms with Crippen LogP contribution in [0.5, 0.6) is 11.5 Å². The van der Waals surface area contributed by atoms with Crippen LogP contribution in [0.15, 0.2) is 18.2 Å². The van der Waals surface area contributed by atoms with E-state index in [9.17, 15) is 4.79 Å². The van der Waals surface area contributed by atoms with E-state index in [-0.39, 0.29) is 23.7 Å². The van der Waals surface area contributed by atoms with Crippen molar-refractivity contribution in [3.8, 4) is 11.5 Å². The highest BCUT2D eigenvalue weighted by Gasteiger charge is 2.23. The van der Waals surface area contributed by atoms with Gasteiger partial charge in [-0.3, -0.25) is 4.79 Å². The van der Waals surface area contributed by atoms with Crippen molar-refractivity contribution < 1.29 is 14.3 Å².